The number of nitrogens with one attached hydrogen (secondary N) is 1. The van der Waals surface area contributed by atoms with Gasteiger partial charge in [0, 0.05) is 37.8 Å². The molecule has 0 saturated carbocycles. The van der Waals surface area contributed by atoms with E-state index in [1.165, 1.54) is 23.2 Å². The lowest BCUT2D eigenvalue weighted by Gasteiger charge is -2.21. The van der Waals surface area contributed by atoms with Crippen LogP contribution < -0.4 is 10.1 Å². The number of fused-ring (bicyclic) bond motifs is 2. The van der Waals surface area contributed by atoms with E-state index in [1.807, 2.05) is 18.2 Å². The molecule has 6 nitrogen and oxygen atoms in total. The second kappa shape index (κ2) is 7.55. The summed E-state index contributed by atoms with van der Waals surface area (Å²) in [5, 5.41) is 2.96. The maximum Gasteiger partial charge on any atom is 0.317 e. The van der Waals surface area contributed by atoms with Crippen molar-refractivity contribution in [1.29, 1.82) is 0 Å². The molecule has 2 aliphatic rings. The number of nitrogens with zero attached hydrogens (tertiary/aromatic N) is 3. The molecular formula is C21H26N4O2. The summed E-state index contributed by atoms with van der Waals surface area (Å²) in [6.45, 7) is 3.16. The Bertz CT molecular complexity index is 827. The molecule has 2 aromatic rings. The van der Waals surface area contributed by atoms with Gasteiger partial charge in [0.25, 0.3) is 0 Å². The number of rotatable bonds is 5. The minimum Gasteiger partial charge on any atom is -0.488 e. The van der Waals surface area contributed by atoms with Crippen LogP contribution in [0.25, 0.3) is 0 Å². The van der Waals surface area contributed by atoms with E-state index in [1.54, 1.807) is 11.9 Å². The topological polar surface area (TPSA) is 67.4 Å². The third-order valence-electron chi connectivity index (χ3n) is 5.35. The van der Waals surface area contributed by atoms with Crippen LogP contribution in [0.3, 0.4) is 0 Å². The first kappa shape index (κ1) is 17.8. The zero-order valence-corrected chi connectivity index (χ0v) is 16.0. The lowest BCUT2D eigenvalue weighted by Crippen LogP contribution is -2.43. The smallest absolute Gasteiger partial charge is 0.317 e. The second-order valence-corrected chi connectivity index (χ2v) is 7.42. The summed E-state index contributed by atoms with van der Waals surface area (Å²) in [5.74, 6) is 1.76. The van der Waals surface area contributed by atoms with Gasteiger partial charge in [-0.15, -0.1) is 0 Å². The molecule has 1 aliphatic carbocycles. The highest BCUT2D eigenvalue weighted by Gasteiger charge is 2.25. The fourth-order valence-corrected chi connectivity index (χ4v) is 3.95. The first-order valence-corrected chi connectivity index (χ1v) is 9.69. The number of carbonyl (C=O) groups excluding carboxylic acids is 1. The van der Waals surface area contributed by atoms with Crippen molar-refractivity contribution in [2.45, 2.75) is 45.1 Å². The number of benzene rings is 1. The average Bonchev–Trinajstić information content (AvgIpc) is 3.27. The predicted molar refractivity (Wildman–Crippen MR) is 103 cm³/mol. The Morgan fingerprint density at radius 3 is 3.00 bits per heavy atom. The lowest BCUT2D eigenvalue weighted by molar-refractivity contribution is 0.164. The summed E-state index contributed by atoms with van der Waals surface area (Å²) in [6.07, 6.45) is 4.82. The van der Waals surface area contributed by atoms with Crippen molar-refractivity contribution in [1.82, 2.24) is 20.2 Å². The summed E-state index contributed by atoms with van der Waals surface area (Å²) in [7, 11) is 1.80. The van der Waals surface area contributed by atoms with Gasteiger partial charge in [-0.05, 0) is 43.4 Å². The van der Waals surface area contributed by atoms with Crippen molar-refractivity contribution >= 4 is 6.03 Å². The first-order valence-electron chi connectivity index (χ1n) is 9.69. The molecule has 0 radical (unpaired) electrons. The summed E-state index contributed by atoms with van der Waals surface area (Å²) in [4.78, 5) is 23.3. The van der Waals surface area contributed by atoms with Gasteiger partial charge in [-0.1, -0.05) is 18.2 Å². The molecule has 2 amide bonds. The SMILES string of the molecule is Cc1nc(CCNC(=O)N(C)C[C@H]2Cc3ccccc3O2)nc2c1CCC2. The minimum absolute atomic E-state index is 0.0147. The number of ether oxygens (including phenoxy) is 1. The van der Waals surface area contributed by atoms with Crippen molar-refractivity contribution in [3.63, 3.8) is 0 Å². The van der Waals surface area contributed by atoms with Gasteiger partial charge in [0.2, 0.25) is 0 Å². The molecule has 0 saturated heterocycles. The zero-order chi connectivity index (χ0) is 18.8. The number of para-hydroxylation sites is 1. The number of hydrogen-bond donors (Lipinski definition) is 1. The molecule has 0 fully saturated rings. The number of amides is 2. The van der Waals surface area contributed by atoms with E-state index in [0.29, 0.717) is 19.5 Å². The molecular weight excluding hydrogens is 340 g/mol. The van der Waals surface area contributed by atoms with Crippen molar-refractivity contribution in [2.24, 2.45) is 0 Å². The van der Waals surface area contributed by atoms with E-state index in [0.717, 1.165) is 36.5 Å². The van der Waals surface area contributed by atoms with Crippen molar-refractivity contribution < 1.29 is 9.53 Å². The molecule has 1 aromatic carbocycles. The third kappa shape index (κ3) is 3.89. The molecule has 0 bridgehead atoms. The fourth-order valence-electron chi connectivity index (χ4n) is 3.95. The summed E-state index contributed by atoms with van der Waals surface area (Å²) < 4.78 is 5.92. The van der Waals surface area contributed by atoms with E-state index in [-0.39, 0.29) is 12.1 Å². The van der Waals surface area contributed by atoms with E-state index in [2.05, 4.69) is 28.3 Å². The maximum absolute atomic E-state index is 12.4. The van der Waals surface area contributed by atoms with Crippen LogP contribution in [0.1, 0.15) is 34.8 Å². The van der Waals surface area contributed by atoms with E-state index in [9.17, 15) is 4.79 Å². The van der Waals surface area contributed by atoms with Crippen LogP contribution in [0.2, 0.25) is 0 Å². The van der Waals surface area contributed by atoms with Crippen LogP contribution in [-0.4, -0.2) is 47.1 Å². The molecule has 4 rings (SSSR count). The fraction of sp³-hybridized carbons (Fsp3) is 0.476. The number of aryl methyl sites for hydroxylation is 2. The molecule has 2 heterocycles. The van der Waals surface area contributed by atoms with Crippen LogP contribution in [0.15, 0.2) is 24.3 Å². The number of carbonyl (C=O) groups is 1. The molecule has 6 heteroatoms. The molecule has 1 aromatic heterocycles. The molecule has 1 aliphatic heterocycles. The Kier molecular flexibility index (Phi) is 4.97. The summed E-state index contributed by atoms with van der Waals surface area (Å²) in [5.41, 5.74) is 4.81. The Morgan fingerprint density at radius 1 is 1.30 bits per heavy atom. The minimum atomic E-state index is -0.0903. The predicted octanol–water partition coefficient (Wildman–Crippen LogP) is 2.46. The van der Waals surface area contributed by atoms with Crippen molar-refractivity contribution in [3.05, 3.63) is 52.6 Å². The van der Waals surface area contributed by atoms with Gasteiger partial charge in [-0.25, -0.2) is 14.8 Å². The van der Waals surface area contributed by atoms with Crippen molar-refractivity contribution in [3.8, 4) is 5.75 Å². The van der Waals surface area contributed by atoms with Crippen molar-refractivity contribution in [2.75, 3.05) is 20.1 Å². The lowest BCUT2D eigenvalue weighted by atomic mass is 10.1. The van der Waals surface area contributed by atoms with Crippen LogP contribution >= 0.6 is 0 Å². The number of urea groups is 1. The van der Waals surface area contributed by atoms with Gasteiger partial charge in [0.1, 0.15) is 17.7 Å². The first-order chi connectivity index (χ1) is 13.1. The number of likely N-dealkylation sites (N-methyl/N-ethyl adjacent to an activating group) is 1. The van der Waals surface area contributed by atoms with E-state index in [4.69, 9.17) is 4.74 Å². The van der Waals surface area contributed by atoms with Crippen LogP contribution in [0.4, 0.5) is 4.79 Å². The molecule has 142 valence electrons. The summed E-state index contributed by atoms with van der Waals surface area (Å²) in [6, 6.07) is 7.96. The Balaban J connectivity index is 1.24. The van der Waals surface area contributed by atoms with Gasteiger partial charge in [0.05, 0.1) is 6.54 Å². The van der Waals surface area contributed by atoms with Crippen LogP contribution in [-0.2, 0) is 25.7 Å². The van der Waals surface area contributed by atoms with Crippen LogP contribution in [0.5, 0.6) is 5.75 Å². The van der Waals surface area contributed by atoms with Gasteiger partial charge in [0.15, 0.2) is 0 Å². The largest absolute Gasteiger partial charge is 0.488 e. The van der Waals surface area contributed by atoms with E-state index >= 15 is 0 Å². The standard InChI is InChI=1S/C21H26N4O2/c1-14-17-7-5-8-18(17)24-20(23-14)10-11-22-21(26)25(2)13-16-12-15-6-3-4-9-19(15)27-16/h3-4,6,9,16H,5,7-8,10-13H2,1-2H3,(H,22,26)/t16-/m1/s1. The molecule has 0 spiro atoms. The van der Waals surface area contributed by atoms with Gasteiger partial charge < -0.3 is 15.0 Å². The quantitative estimate of drug-likeness (QED) is 0.883. The van der Waals surface area contributed by atoms with Gasteiger partial charge in [-0.2, -0.15) is 0 Å². The molecule has 27 heavy (non-hydrogen) atoms. The highest BCUT2D eigenvalue weighted by molar-refractivity contribution is 5.73. The average molecular weight is 366 g/mol. The molecule has 0 unspecified atom stereocenters. The van der Waals surface area contributed by atoms with E-state index < -0.39 is 0 Å². The second-order valence-electron chi connectivity index (χ2n) is 7.42. The zero-order valence-electron chi connectivity index (χ0n) is 16.0. The third-order valence-corrected chi connectivity index (χ3v) is 5.35. The normalized spacial score (nSPS) is 17.2. The monoisotopic (exact) mass is 366 g/mol. The van der Waals surface area contributed by atoms with Crippen LogP contribution in [0, 0.1) is 6.92 Å². The van der Waals surface area contributed by atoms with Gasteiger partial charge in [-0.3, -0.25) is 0 Å². The van der Waals surface area contributed by atoms with Gasteiger partial charge >= 0.3 is 6.03 Å². The number of hydrogen-bond acceptors (Lipinski definition) is 4. The highest BCUT2D eigenvalue weighted by Crippen LogP contribution is 2.28. The number of aromatic nitrogens is 2. The summed E-state index contributed by atoms with van der Waals surface area (Å²) >= 11 is 0. The Morgan fingerprint density at radius 2 is 2.15 bits per heavy atom. The molecule has 1 N–H and O–H groups in total. The molecule has 1 atom stereocenters. The highest BCUT2D eigenvalue weighted by atomic mass is 16.5. The Hall–Kier alpha value is -2.63. The Labute approximate surface area is 160 Å². The maximum atomic E-state index is 12.4.